The molecule has 41 heavy (non-hydrogen) atoms. The number of carbonyl (C=O) groups excluding carboxylic acids is 2. The number of pyridine rings is 1. The van der Waals surface area contributed by atoms with E-state index in [1.165, 1.54) is 19.2 Å². The zero-order valence-corrected chi connectivity index (χ0v) is 22.4. The molecule has 3 heterocycles. The predicted molar refractivity (Wildman–Crippen MR) is 136 cm³/mol. The molecule has 2 saturated heterocycles. The van der Waals surface area contributed by atoms with Crippen LogP contribution < -0.4 is 15.8 Å². The number of hydrogen-bond donors (Lipinski definition) is 3. The summed E-state index contributed by atoms with van der Waals surface area (Å²) in [5.41, 5.74) is 2.03. The highest BCUT2D eigenvalue weighted by Crippen LogP contribution is 2.55. The fourth-order valence-corrected chi connectivity index (χ4v) is 5.35. The van der Waals surface area contributed by atoms with Gasteiger partial charge in [-0.05, 0) is 44.5 Å². The predicted octanol–water partition coefficient (Wildman–Crippen LogP) is 3.37. The minimum absolute atomic E-state index is 0.0138. The van der Waals surface area contributed by atoms with Crippen LogP contribution in [0, 0.1) is 17.6 Å². The number of rotatable bonds is 8. The first kappa shape index (κ1) is 30.6. The number of hydrogen-bond acceptors (Lipinski definition) is 7. The first-order chi connectivity index (χ1) is 19.2. The quantitative estimate of drug-likeness (QED) is 0.405. The third-order valence-electron chi connectivity index (χ3n) is 7.78. The molecule has 0 radical (unpaired) electrons. The van der Waals surface area contributed by atoms with Crippen LogP contribution in [0.4, 0.5) is 27.6 Å². The maximum atomic E-state index is 15.1. The number of aliphatic hydroxyl groups excluding tert-OH is 1. The molecule has 0 bridgehead atoms. The number of aromatic nitrogens is 1. The fraction of sp³-hybridized carbons (Fsp3) is 0.519. The molecule has 1 aromatic carbocycles. The molecule has 5 atom stereocenters. The van der Waals surface area contributed by atoms with E-state index in [1.807, 2.05) is 4.90 Å². The second kappa shape index (κ2) is 11.9. The van der Waals surface area contributed by atoms with E-state index in [0.717, 1.165) is 31.5 Å². The van der Waals surface area contributed by atoms with Gasteiger partial charge in [0.25, 0.3) is 11.8 Å². The molecule has 224 valence electrons. The van der Waals surface area contributed by atoms with Crippen molar-refractivity contribution in [1.82, 2.24) is 9.88 Å². The van der Waals surface area contributed by atoms with Crippen molar-refractivity contribution in [3.8, 4) is 5.75 Å². The highest BCUT2D eigenvalue weighted by molar-refractivity contribution is 5.97. The lowest BCUT2D eigenvalue weighted by Crippen LogP contribution is -2.47. The number of ether oxygens (including phenoxy) is 2. The number of alkyl halides is 3. The number of nitrogens with zero attached hydrogens (tertiary/aromatic N) is 2. The summed E-state index contributed by atoms with van der Waals surface area (Å²) in [5, 5.41) is 12.3. The Balaban J connectivity index is 1.67. The normalized spacial score (nSPS) is 27.0. The summed E-state index contributed by atoms with van der Waals surface area (Å²) in [5.74, 6) is -8.08. The Hall–Kier alpha value is -3.36. The first-order valence-electron chi connectivity index (χ1n) is 13.0. The van der Waals surface area contributed by atoms with Crippen molar-refractivity contribution in [3.05, 3.63) is 53.4 Å². The van der Waals surface area contributed by atoms with Crippen LogP contribution >= 0.6 is 0 Å². The Bertz CT molecular complexity index is 1300. The van der Waals surface area contributed by atoms with Crippen molar-refractivity contribution >= 4 is 17.5 Å². The van der Waals surface area contributed by atoms with Crippen LogP contribution in [0.3, 0.4) is 0 Å². The van der Waals surface area contributed by atoms with Gasteiger partial charge in [0.15, 0.2) is 17.2 Å². The lowest BCUT2D eigenvalue weighted by Gasteiger charge is -2.32. The third-order valence-corrected chi connectivity index (χ3v) is 7.78. The maximum Gasteiger partial charge on any atom is 0.417 e. The van der Waals surface area contributed by atoms with Gasteiger partial charge in [0.2, 0.25) is 5.82 Å². The summed E-state index contributed by atoms with van der Waals surface area (Å²) in [6.45, 7) is 3.12. The summed E-state index contributed by atoms with van der Waals surface area (Å²) in [6.07, 6.45) is -4.71. The van der Waals surface area contributed by atoms with Crippen molar-refractivity contribution in [2.75, 3.05) is 31.6 Å². The van der Waals surface area contributed by atoms with Crippen LogP contribution in [0.25, 0.3) is 0 Å². The van der Waals surface area contributed by atoms with Crippen LogP contribution in [-0.2, 0) is 9.53 Å². The van der Waals surface area contributed by atoms with E-state index in [4.69, 9.17) is 15.2 Å². The van der Waals surface area contributed by atoms with E-state index < -0.39 is 65.0 Å². The van der Waals surface area contributed by atoms with Gasteiger partial charge in [-0.3, -0.25) is 19.5 Å². The molecule has 4 N–H and O–H groups in total. The summed E-state index contributed by atoms with van der Waals surface area (Å²) in [7, 11) is 0. The van der Waals surface area contributed by atoms with E-state index in [0.29, 0.717) is 19.5 Å². The molecular weight excluding hydrogens is 555 g/mol. The van der Waals surface area contributed by atoms with Gasteiger partial charge in [0.1, 0.15) is 18.4 Å². The number of primary amides is 1. The molecule has 2 aromatic rings. The van der Waals surface area contributed by atoms with Gasteiger partial charge >= 0.3 is 6.18 Å². The minimum Gasteiger partial charge on any atom is -0.489 e. The zero-order chi connectivity index (χ0) is 30.1. The van der Waals surface area contributed by atoms with Gasteiger partial charge in [-0.2, -0.15) is 17.6 Å². The van der Waals surface area contributed by atoms with Gasteiger partial charge in [0.05, 0.1) is 6.10 Å². The summed E-state index contributed by atoms with van der Waals surface area (Å²) in [4.78, 5) is 30.5. The van der Waals surface area contributed by atoms with Crippen LogP contribution in [0.2, 0.25) is 0 Å². The van der Waals surface area contributed by atoms with Crippen molar-refractivity contribution in [2.24, 2.45) is 11.7 Å². The number of halogens is 5. The Kier molecular flexibility index (Phi) is 8.85. The highest BCUT2D eigenvalue weighted by Gasteiger charge is 2.66. The molecule has 9 nitrogen and oxygen atoms in total. The van der Waals surface area contributed by atoms with Crippen molar-refractivity contribution < 1.29 is 46.1 Å². The molecular formula is C27H31F5N4O5. The number of β-amino-alcohol motifs (C(OH)–C–C–N with tert-alkyl or cyclic N) is 1. The smallest absolute Gasteiger partial charge is 0.417 e. The zero-order valence-electron chi connectivity index (χ0n) is 22.4. The number of benzene rings is 1. The van der Waals surface area contributed by atoms with Gasteiger partial charge in [-0.15, -0.1) is 0 Å². The average molecular weight is 587 g/mol. The minimum atomic E-state index is -4.93. The number of nitrogens with one attached hydrogen (secondary N) is 1. The second-order valence-corrected chi connectivity index (χ2v) is 10.5. The Morgan fingerprint density at radius 2 is 2.02 bits per heavy atom. The summed E-state index contributed by atoms with van der Waals surface area (Å²) in [6, 6.07) is 4.28. The van der Waals surface area contributed by atoms with Gasteiger partial charge in [-0.1, -0.05) is 13.0 Å². The molecule has 0 spiro atoms. The van der Waals surface area contributed by atoms with E-state index in [2.05, 4.69) is 10.3 Å². The summed E-state index contributed by atoms with van der Waals surface area (Å²) >= 11 is 0. The van der Waals surface area contributed by atoms with E-state index in [9.17, 15) is 32.3 Å². The average Bonchev–Trinajstić information content (AvgIpc) is 3.18. The molecule has 2 fully saturated rings. The molecule has 0 saturated carbocycles. The molecule has 0 unspecified atom stereocenters. The molecule has 2 aliphatic heterocycles. The molecule has 2 aliphatic rings. The van der Waals surface area contributed by atoms with Crippen molar-refractivity contribution in [1.29, 1.82) is 0 Å². The number of likely N-dealkylation sites (tertiary alicyclic amines) is 1. The third kappa shape index (κ3) is 6.28. The van der Waals surface area contributed by atoms with Gasteiger partial charge < -0.3 is 25.6 Å². The molecule has 2 amide bonds. The summed E-state index contributed by atoms with van der Waals surface area (Å²) < 4.78 is 83.3. The lowest BCUT2D eigenvalue weighted by atomic mass is 9.77. The van der Waals surface area contributed by atoms with E-state index in [1.54, 1.807) is 0 Å². The van der Waals surface area contributed by atoms with Crippen molar-refractivity contribution in [3.63, 3.8) is 0 Å². The fourth-order valence-electron chi connectivity index (χ4n) is 5.35. The molecule has 0 aliphatic carbocycles. The van der Waals surface area contributed by atoms with Crippen LogP contribution in [0.15, 0.2) is 30.5 Å². The van der Waals surface area contributed by atoms with Crippen molar-refractivity contribution in [2.45, 2.75) is 56.6 Å². The molecule has 14 heteroatoms. The largest absolute Gasteiger partial charge is 0.489 e. The van der Waals surface area contributed by atoms with Gasteiger partial charge in [0, 0.05) is 42.4 Å². The Morgan fingerprint density at radius 1 is 1.29 bits per heavy atom. The van der Waals surface area contributed by atoms with Crippen LogP contribution in [0.5, 0.6) is 5.75 Å². The number of nitrogens with two attached hydrogens (primary N) is 1. The topological polar surface area (TPSA) is 127 Å². The van der Waals surface area contributed by atoms with Crippen LogP contribution in [-0.4, -0.2) is 77.0 Å². The second-order valence-electron chi connectivity index (χ2n) is 10.5. The van der Waals surface area contributed by atoms with E-state index >= 15 is 4.39 Å². The number of carbonyl (C=O) groups is 2. The number of piperidine rings is 1. The Morgan fingerprint density at radius 3 is 2.68 bits per heavy atom. The monoisotopic (exact) mass is 586 g/mol. The van der Waals surface area contributed by atoms with Crippen LogP contribution in [0.1, 0.15) is 48.7 Å². The van der Waals surface area contributed by atoms with E-state index in [-0.39, 0.29) is 30.1 Å². The molecule has 1 aromatic heterocycles. The number of amides is 2. The lowest BCUT2D eigenvalue weighted by molar-refractivity contribution is -0.272. The first-order valence-corrected chi connectivity index (χ1v) is 13.0. The SMILES string of the molecule is C[C@H]1[C@@H](c2ccc(F)c(F)c2OCCN2CCC[C@H](O)C2)[C@H](C(=O)Nc2ccnc(C(N)=O)c2)O[C@@]1(C)C(F)(F)F. The number of aliphatic hydroxyl groups is 1. The number of anilines is 1. The van der Waals surface area contributed by atoms with Gasteiger partial charge in [-0.25, -0.2) is 4.39 Å². The Labute approximate surface area is 232 Å². The standard InChI is InChI=1S/C27H31F5N4O5/c1-14-20(17-5-6-18(28)21(29)22(17)40-11-10-36-9-3-4-16(37)13-36)23(41-26(14,2)27(30,31)32)25(39)35-15-7-8-34-19(12-15)24(33)38/h5-8,12,14,16,20,23,37H,3-4,9-11,13H2,1-2H3,(H2,33,38)(H,34,35,39)/t14-,16-,20-,23+,26+/m0/s1. The molecule has 4 rings (SSSR count). The highest BCUT2D eigenvalue weighted by atomic mass is 19.4. The maximum absolute atomic E-state index is 15.1.